The Morgan fingerprint density at radius 2 is 2.00 bits per heavy atom. The molecule has 2 fully saturated rings. The van der Waals surface area contributed by atoms with E-state index in [2.05, 4.69) is 13.8 Å². The molecule has 1 saturated carbocycles. The van der Waals surface area contributed by atoms with Crippen LogP contribution in [0.4, 0.5) is 0 Å². The van der Waals surface area contributed by atoms with Gasteiger partial charge < -0.3 is 9.85 Å². The number of hydroxylamine groups is 3. The lowest BCUT2D eigenvalue weighted by atomic mass is 9.95. The van der Waals surface area contributed by atoms with Crippen LogP contribution in [0.5, 0.6) is 0 Å². The van der Waals surface area contributed by atoms with Gasteiger partial charge in [-0.05, 0) is 26.7 Å². The molecule has 0 aromatic heterocycles. The zero-order valence-corrected chi connectivity index (χ0v) is 8.34. The van der Waals surface area contributed by atoms with Gasteiger partial charge in [-0.25, -0.2) is 0 Å². The van der Waals surface area contributed by atoms with Gasteiger partial charge in [-0.3, -0.25) is 0 Å². The van der Waals surface area contributed by atoms with Crippen molar-refractivity contribution in [3.63, 3.8) is 0 Å². The fourth-order valence-corrected chi connectivity index (χ4v) is 3.18. The highest BCUT2D eigenvalue weighted by atomic mass is 16.6. The molecule has 12 heavy (non-hydrogen) atoms. The van der Waals surface area contributed by atoms with Crippen molar-refractivity contribution in [2.45, 2.75) is 51.1 Å². The normalized spacial score (nSPS) is 51.0. The number of hydrogen-bond donors (Lipinski definition) is 0. The first-order valence-corrected chi connectivity index (χ1v) is 5.02. The van der Waals surface area contributed by atoms with E-state index in [0.29, 0.717) is 6.04 Å². The average molecular weight is 169 g/mol. The number of fused-ring (bicyclic) bond motifs is 1. The van der Waals surface area contributed by atoms with Crippen LogP contribution in [-0.2, 0) is 0 Å². The van der Waals surface area contributed by atoms with Crippen molar-refractivity contribution in [2.24, 2.45) is 5.92 Å². The van der Waals surface area contributed by atoms with E-state index in [4.69, 9.17) is 0 Å². The molecule has 1 aliphatic carbocycles. The molecule has 0 aromatic carbocycles. The van der Waals surface area contributed by atoms with Crippen molar-refractivity contribution >= 4 is 0 Å². The minimum absolute atomic E-state index is 0.0116. The van der Waals surface area contributed by atoms with Crippen LogP contribution in [0, 0.1) is 11.1 Å². The van der Waals surface area contributed by atoms with E-state index in [1.54, 1.807) is 0 Å². The molecular formula is C10H19NO. The van der Waals surface area contributed by atoms with E-state index in [1.165, 1.54) is 12.8 Å². The largest absolute Gasteiger partial charge is 0.632 e. The summed E-state index contributed by atoms with van der Waals surface area (Å²) in [5.41, 5.74) is -0.0320. The van der Waals surface area contributed by atoms with Crippen molar-refractivity contribution in [1.82, 2.24) is 0 Å². The second-order valence-corrected chi connectivity index (χ2v) is 5.27. The summed E-state index contributed by atoms with van der Waals surface area (Å²) < 4.78 is 0.0116. The van der Waals surface area contributed by atoms with Crippen LogP contribution in [0.25, 0.3) is 0 Å². The topological polar surface area (TPSA) is 23.1 Å². The second kappa shape index (κ2) is 2.24. The first kappa shape index (κ1) is 8.52. The van der Waals surface area contributed by atoms with Crippen molar-refractivity contribution in [3.8, 4) is 0 Å². The highest BCUT2D eigenvalue weighted by Crippen LogP contribution is 2.49. The number of quaternary nitrogens is 1. The van der Waals surface area contributed by atoms with Gasteiger partial charge >= 0.3 is 0 Å². The average Bonchev–Trinajstić information content (AvgIpc) is 2.39. The maximum atomic E-state index is 12.3. The van der Waals surface area contributed by atoms with E-state index in [9.17, 15) is 5.21 Å². The summed E-state index contributed by atoms with van der Waals surface area (Å²) in [6.45, 7) is 4.25. The Labute approximate surface area is 74.7 Å². The third-order valence-corrected chi connectivity index (χ3v) is 4.22. The van der Waals surface area contributed by atoms with Crippen molar-refractivity contribution in [1.29, 1.82) is 0 Å². The maximum absolute atomic E-state index is 12.3. The monoisotopic (exact) mass is 169 g/mol. The summed E-state index contributed by atoms with van der Waals surface area (Å²) in [5.74, 6) is 0.725. The highest BCUT2D eigenvalue weighted by Gasteiger charge is 2.53. The number of hydrogen-bond acceptors (Lipinski definition) is 1. The molecule has 1 saturated heterocycles. The number of nitrogens with zero attached hydrogens (tertiary/aromatic N) is 1. The first-order valence-electron chi connectivity index (χ1n) is 5.02. The molecule has 2 heteroatoms. The smallest absolute Gasteiger partial charge is 0.0937 e. The van der Waals surface area contributed by atoms with E-state index in [1.807, 2.05) is 7.05 Å². The van der Waals surface area contributed by atoms with Gasteiger partial charge in [0, 0.05) is 18.8 Å². The molecule has 70 valence electrons. The fourth-order valence-electron chi connectivity index (χ4n) is 3.18. The Kier molecular flexibility index (Phi) is 1.59. The standard InChI is InChI=1S/C10H19NO/c1-10(2)7-8-5-4-6-9(8)11(10,3)12/h8-9H,4-7H2,1-3H3. The molecule has 1 heterocycles. The molecule has 3 atom stereocenters. The molecule has 2 aliphatic rings. The van der Waals surface area contributed by atoms with Gasteiger partial charge in [-0.15, -0.1) is 0 Å². The van der Waals surface area contributed by atoms with Gasteiger partial charge in [-0.1, -0.05) is 0 Å². The molecule has 0 N–H and O–H groups in total. The third kappa shape index (κ3) is 0.882. The summed E-state index contributed by atoms with van der Waals surface area (Å²) >= 11 is 0. The summed E-state index contributed by atoms with van der Waals surface area (Å²) in [6, 6.07) is 0.417. The second-order valence-electron chi connectivity index (χ2n) is 5.27. The van der Waals surface area contributed by atoms with Crippen LogP contribution >= 0.6 is 0 Å². The quantitative estimate of drug-likeness (QED) is 0.403. The van der Waals surface area contributed by atoms with Crippen LogP contribution in [-0.4, -0.2) is 23.3 Å². The minimum Gasteiger partial charge on any atom is -0.632 e. The summed E-state index contributed by atoms with van der Waals surface area (Å²) in [4.78, 5) is 0. The van der Waals surface area contributed by atoms with Gasteiger partial charge in [0.15, 0.2) is 0 Å². The molecule has 2 nitrogen and oxygen atoms in total. The predicted octanol–water partition coefficient (Wildman–Crippen LogP) is 2.28. The Balaban J connectivity index is 2.29. The van der Waals surface area contributed by atoms with E-state index >= 15 is 0 Å². The minimum atomic E-state index is -0.0320. The van der Waals surface area contributed by atoms with Crippen LogP contribution < -0.4 is 0 Å². The van der Waals surface area contributed by atoms with Crippen molar-refractivity contribution in [3.05, 3.63) is 5.21 Å². The van der Waals surface area contributed by atoms with E-state index < -0.39 is 0 Å². The summed E-state index contributed by atoms with van der Waals surface area (Å²) in [7, 11) is 1.87. The molecule has 0 bridgehead atoms. The molecular weight excluding hydrogens is 150 g/mol. The lowest BCUT2D eigenvalue weighted by molar-refractivity contribution is -0.919. The molecule has 3 unspecified atom stereocenters. The van der Waals surface area contributed by atoms with Gasteiger partial charge in [0.25, 0.3) is 0 Å². The number of rotatable bonds is 0. The van der Waals surface area contributed by atoms with E-state index in [0.717, 1.165) is 18.8 Å². The fraction of sp³-hybridized carbons (Fsp3) is 1.00. The SMILES string of the molecule is CC1(C)CC2CCCC2[N+]1(C)[O-]. The Hall–Kier alpha value is -0.0800. The highest BCUT2D eigenvalue weighted by molar-refractivity contribution is 4.93. The van der Waals surface area contributed by atoms with Crippen LogP contribution in [0.1, 0.15) is 39.5 Å². The predicted molar refractivity (Wildman–Crippen MR) is 49.4 cm³/mol. The molecule has 1 aliphatic heterocycles. The lowest BCUT2D eigenvalue weighted by Crippen LogP contribution is -2.54. The zero-order chi connectivity index (χ0) is 8.98. The Morgan fingerprint density at radius 1 is 1.33 bits per heavy atom. The van der Waals surface area contributed by atoms with Crippen LogP contribution in [0.2, 0.25) is 0 Å². The Morgan fingerprint density at radius 3 is 2.58 bits per heavy atom. The third-order valence-electron chi connectivity index (χ3n) is 4.22. The molecule has 2 rings (SSSR count). The van der Waals surface area contributed by atoms with Crippen molar-refractivity contribution in [2.75, 3.05) is 7.05 Å². The Bertz CT molecular complexity index is 198. The van der Waals surface area contributed by atoms with Gasteiger partial charge in [0.1, 0.15) is 0 Å². The van der Waals surface area contributed by atoms with Gasteiger partial charge in [0.2, 0.25) is 0 Å². The maximum Gasteiger partial charge on any atom is 0.0937 e. The summed E-state index contributed by atoms with van der Waals surface area (Å²) in [5, 5.41) is 12.3. The molecule has 0 amide bonds. The molecule has 0 spiro atoms. The number of likely N-dealkylation sites (tertiary alicyclic amines) is 1. The lowest BCUT2D eigenvalue weighted by Gasteiger charge is -2.50. The van der Waals surface area contributed by atoms with Gasteiger partial charge in [-0.2, -0.15) is 0 Å². The van der Waals surface area contributed by atoms with Gasteiger partial charge in [0.05, 0.1) is 18.6 Å². The zero-order valence-electron chi connectivity index (χ0n) is 8.34. The van der Waals surface area contributed by atoms with Crippen LogP contribution in [0.15, 0.2) is 0 Å². The van der Waals surface area contributed by atoms with Crippen molar-refractivity contribution < 1.29 is 4.65 Å². The van der Waals surface area contributed by atoms with E-state index in [-0.39, 0.29) is 10.2 Å². The molecule has 0 radical (unpaired) electrons. The van der Waals surface area contributed by atoms with Crippen LogP contribution in [0.3, 0.4) is 0 Å². The first-order chi connectivity index (χ1) is 5.45. The summed E-state index contributed by atoms with van der Waals surface area (Å²) in [6.07, 6.45) is 4.87. The molecule has 0 aromatic rings.